The standard InChI is InChI=1S/C13H18F3N3O2/c1-19(2)6-3-7-21-11-5-4-9(13(14,15)16)8-10(11)12(17)18-20/h4-5,8,20H,3,6-7H2,1-2H3,(H2,17,18). The third kappa shape index (κ3) is 5.14. The molecule has 0 heterocycles. The van der Waals surface area contributed by atoms with Gasteiger partial charge in [0.2, 0.25) is 0 Å². The molecule has 0 aliphatic rings. The Morgan fingerprint density at radius 1 is 1.38 bits per heavy atom. The summed E-state index contributed by atoms with van der Waals surface area (Å²) >= 11 is 0. The number of oxime groups is 1. The van der Waals surface area contributed by atoms with E-state index in [-0.39, 0.29) is 11.3 Å². The van der Waals surface area contributed by atoms with Gasteiger partial charge in [-0.05, 0) is 38.7 Å². The number of amidine groups is 1. The molecule has 0 unspecified atom stereocenters. The summed E-state index contributed by atoms with van der Waals surface area (Å²) in [6.07, 6.45) is -3.81. The van der Waals surface area contributed by atoms with Crippen LogP contribution in [0.2, 0.25) is 0 Å². The molecule has 0 aromatic heterocycles. The van der Waals surface area contributed by atoms with E-state index in [1.165, 1.54) is 6.07 Å². The van der Waals surface area contributed by atoms with Gasteiger partial charge in [-0.1, -0.05) is 5.16 Å². The second-order valence-corrected chi connectivity index (χ2v) is 4.70. The molecule has 0 saturated heterocycles. The molecular weight excluding hydrogens is 287 g/mol. The summed E-state index contributed by atoms with van der Waals surface area (Å²) in [4.78, 5) is 1.96. The van der Waals surface area contributed by atoms with E-state index in [0.717, 1.165) is 18.7 Å². The van der Waals surface area contributed by atoms with Gasteiger partial charge in [0.05, 0.1) is 17.7 Å². The van der Waals surface area contributed by atoms with E-state index in [0.29, 0.717) is 13.0 Å². The number of alkyl halides is 3. The molecule has 5 nitrogen and oxygen atoms in total. The minimum Gasteiger partial charge on any atom is -0.493 e. The fourth-order valence-electron chi connectivity index (χ4n) is 1.65. The van der Waals surface area contributed by atoms with E-state index in [1.54, 1.807) is 0 Å². The molecule has 0 bridgehead atoms. The Bertz CT molecular complexity index is 502. The zero-order valence-electron chi connectivity index (χ0n) is 11.8. The summed E-state index contributed by atoms with van der Waals surface area (Å²) in [6, 6.07) is 2.87. The molecule has 8 heteroatoms. The number of ether oxygens (including phenoxy) is 1. The monoisotopic (exact) mass is 305 g/mol. The second kappa shape index (κ2) is 7.16. The molecule has 0 aliphatic carbocycles. The summed E-state index contributed by atoms with van der Waals surface area (Å²) < 4.78 is 43.4. The van der Waals surface area contributed by atoms with Crippen LogP contribution in [0.5, 0.6) is 5.75 Å². The number of nitrogens with zero attached hydrogens (tertiary/aromatic N) is 2. The Morgan fingerprint density at radius 3 is 2.57 bits per heavy atom. The van der Waals surface area contributed by atoms with E-state index in [4.69, 9.17) is 15.7 Å². The largest absolute Gasteiger partial charge is 0.493 e. The lowest BCUT2D eigenvalue weighted by Gasteiger charge is -2.14. The fraction of sp³-hybridized carbons (Fsp3) is 0.462. The maximum atomic E-state index is 12.7. The van der Waals surface area contributed by atoms with Crippen molar-refractivity contribution < 1.29 is 23.1 Å². The summed E-state index contributed by atoms with van der Waals surface area (Å²) in [5.41, 5.74) is 4.43. The highest BCUT2D eigenvalue weighted by Gasteiger charge is 2.31. The molecule has 3 N–H and O–H groups in total. The van der Waals surface area contributed by atoms with Crippen molar-refractivity contribution in [3.05, 3.63) is 29.3 Å². The van der Waals surface area contributed by atoms with Crippen LogP contribution in [0.3, 0.4) is 0 Å². The maximum Gasteiger partial charge on any atom is 0.416 e. The van der Waals surface area contributed by atoms with Crippen LogP contribution < -0.4 is 10.5 Å². The third-order valence-electron chi connectivity index (χ3n) is 2.70. The number of hydrogen-bond donors (Lipinski definition) is 2. The average molecular weight is 305 g/mol. The fourth-order valence-corrected chi connectivity index (χ4v) is 1.65. The van der Waals surface area contributed by atoms with Gasteiger partial charge in [-0.25, -0.2) is 0 Å². The minimum absolute atomic E-state index is 0.0859. The average Bonchev–Trinajstić information content (AvgIpc) is 2.41. The number of rotatable bonds is 6. The molecule has 0 atom stereocenters. The van der Waals surface area contributed by atoms with Crippen molar-refractivity contribution in [2.24, 2.45) is 10.9 Å². The Kier molecular flexibility index (Phi) is 5.83. The highest BCUT2D eigenvalue weighted by molar-refractivity contribution is 5.99. The predicted molar refractivity (Wildman–Crippen MR) is 72.6 cm³/mol. The first-order chi connectivity index (χ1) is 9.75. The van der Waals surface area contributed by atoms with Gasteiger partial charge in [0.15, 0.2) is 5.84 Å². The number of hydrogen-bond acceptors (Lipinski definition) is 4. The van der Waals surface area contributed by atoms with Crippen LogP contribution in [0.15, 0.2) is 23.4 Å². The zero-order valence-corrected chi connectivity index (χ0v) is 11.8. The second-order valence-electron chi connectivity index (χ2n) is 4.70. The first-order valence-corrected chi connectivity index (χ1v) is 6.22. The molecule has 1 aromatic rings. The van der Waals surface area contributed by atoms with Gasteiger partial charge in [-0.15, -0.1) is 0 Å². The van der Waals surface area contributed by atoms with E-state index >= 15 is 0 Å². The number of nitrogens with two attached hydrogens (primary N) is 1. The Hall–Kier alpha value is -1.96. The SMILES string of the molecule is CN(C)CCCOc1ccc(C(F)(F)F)cc1/C(N)=N/O. The van der Waals surface area contributed by atoms with E-state index in [9.17, 15) is 13.2 Å². The van der Waals surface area contributed by atoms with Gasteiger partial charge in [0, 0.05) is 6.54 Å². The van der Waals surface area contributed by atoms with Gasteiger partial charge in [0.1, 0.15) is 5.75 Å². The van der Waals surface area contributed by atoms with Crippen molar-refractivity contribution in [1.82, 2.24) is 4.90 Å². The van der Waals surface area contributed by atoms with E-state index in [2.05, 4.69) is 5.16 Å². The Labute approximate surface area is 120 Å². The molecule has 0 saturated carbocycles. The molecular formula is C13H18F3N3O2. The van der Waals surface area contributed by atoms with Crippen molar-refractivity contribution in [3.8, 4) is 5.75 Å². The quantitative estimate of drug-likeness (QED) is 0.278. The van der Waals surface area contributed by atoms with Crippen molar-refractivity contribution in [2.45, 2.75) is 12.6 Å². The summed E-state index contributed by atoms with van der Waals surface area (Å²) in [6.45, 7) is 1.09. The van der Waals surface area contributed by atoms with Crippen LogP contribution >= 0.6 is 0 Å². The lowest BCUT2D eigenvalue weighted by Crippen LogP contribution is -2.18. The number of halogens is 3. The highest BCUT2D eigenvalue weighted by atomic mass is 19.4. The van der Waals surface area contributed by atoms with Crippen molar-refractivity contribution in [2.75, 3.05) is 27.2 Å². The van der Waals surface area contributed by atoms with Crippen LogP contribution in [0, 0.1) is 0 Å². The smallest absolute Gasteiger partial charge is 0.416 e. The lowest BCUT2D eigenvalue weighted by molar-refractivity contribution is -0.137. The third-order valence-corrected chi connectivity index (χ3v) is 2.70. The van der Waals surface area contributed by atoms with Gasteiger partial charge in [-0.2, -0.15) is 13.2 Å². The van der Waals surface area contributed by atoms with Gasteiger partial charge < -0.3 is 20.6 Å². The first-order valence-electron chi connectivity index (χ1n) is 6.22. The first kappa shape index (κ1) is 17.1. The maximum absolute atomic E-state index is 12.7. The number of benzene rings is 1. The zero-order chi connectivity index (χ0) is 16.0. The minimum atomic E-state index is -4.51. The van der Waals surface area contributed by atoms with Gasteiger partial charge >= 0.3 is 6.18 Å². The summed E-state index contributed by atoms with van der Waals surface area (Å²) in [5.74, 6) is -0.277. The van der Waals surface area contributed by atoms with Crippen LogP contribution in [0.4, 0.5) is 13.2 Å². The molecule has 118 valence electrons. The Morgan fingerprint density at radius 2 is 2.05 bits per heavy atom. The van der Waals surface area contributed by atoms with Gasteiger partial charge in [-0.3, -0.25) is 0 Å². The molecule has 1 aromatic carbocycles. The van der Waals surface area contributed by atoms with Crippen molar-refractivity contribution in [1.29, 1.82) is 0 Å². The van der Waals surface area contributed by atoms with Crippen LogP contribution in [-0.2, 0) is 6.18 Å². The van der Waals surface area contributed by atoms with Crippen molar-refractivity contribution in [3.63, 3.8) is 0 Å². The van der Waals surface area contributed by atoms with Crippen molar-refractivity contribution >= 4 is 5.84 Å². The molecule has 0 amide bonds. The highest BCUT2D eigenvalue weighted by Crippen LogP contribution is 2.32. The molecule has 0 fully saturated rings. The topological polar surface area (TPSA) is 71.1 Å². The Balaban J connectivity index is 2.93. The molecule has 0 spiro atoms. The van der Waals surface area contributed by atoms with Gasteiger partial charge in [0.25, 0.3) is 0 Å². The summed E-state index contributed by atoms with van der Waals surface area (Å²) in [7, 11) is 3.81. The normalized spacial score (nSPS) is 12.8. The lowest BCUT2D eigenvalue weighted by atomic mass is 10.1. The van der Waals surface area contributed by atoms with E-state index in [1.807, 2.05) is 19.0 Å². The van der Waals surface area contributed by atoms with Crippen LogP contribution in [0.1, 0.15) is 17.5 Å². The predicted octanol–water partition coefficient (Wildman–Crippen LogP) is 2.13. The van der Waals surface area contributed by atoms with Crippen LogP contribution in [0.25, 0.3) is 0 Å². The molecule has 0 aliphatic heterocycles. The molecule has 0 radical (unpaired) electrons. The van der Waals surface area contributed by atoms with E-state index < -0.39 is 17.6 Å². The summed E-state index contributed by atoms with van der Waals surface area (Å²) in [5, 5.41) is 11.4. The molecule has 21 heavy (non-hydrogen) atoms. The molecule has 1 rings (SSSR count). The van der Waals surface area contributed by atoms with Crippen LogP contribution in [-0.4, -0.2) is 43.2 Å².